The fourth-order valence-electron chi connectivity index (χ4n) is 1.14. The van der Waals surface area contributed by atoms with Crippen molar-refractivity contribution in [3.8, 4) is 0 Å². The maximum Gasteiger partial charge on any atom is 0.328 e. The van der Waals surface area contributed by atoms with Gasteiger partial charge in [0.2, 0.25) is 5.91 Å². The van der Waals surface area contributed by atoms with Gasteiger partial charge < -0.3 is 15.5 Å². The van der Waals surface area contributed by atoms with Gasteiger partial charge in [0.1, 0.15) is 0 Å². The number of hydrogen-bond donors (Lipinski definition) is 3. The van der Waals surface area contributed by atoms with Gasteiger partial charge in [0, 0.05) is 12.2 Å². The topological polar surface area (TPSA) is 86.6 Å². The van der Waals surface area contributed by atoms with E-state index in [4.69, 9.17) is 10.2 Å². The number of carbonyl (C=O) groups excluding carboxylic acids is 1. The zero-order chi connectivity index (χ0) is 11.8. The molecule has 0 heterocycles. The van der Waals surface area contributed by atoms with Gasteiger partial charge in [-0.05, 0) is 12.3 Å². The average molecular weight is 215 g/mol. The van der Waals surface area contributed by atoms with E-state index in [2.05, 4.69) is 5.32 Å². The third kappa shape index (κ3) is 7.69. The molecule has 0 bridgehead atoms. The van der Waals surface area contributed by atoms with Gasteiger partial charge in [-0.1, -0.05) is 13.8 Å². The zero-order valence-electron chi connectivity index (χ0n) is 8.93. The standard InChI is InChI=1S/C10H17NO4/c1-7(2)5-8(6-12)11-9(13)3-4-10(14)15/h3-4,7-8,12H,5-6H2,1-2H3,(H,11,13)(H,14,15)/b4-3+. The molecule has 1 amide bonds. The summed E-state index contributed by atoms with van der Waals surface area (Å²) >= 11 is 0. The minimum atomic E-state index is -1.17. The monoisotopic (exact) mass is 215 g/mol. The Bertz CT molecular complexity index is 248. The van der Waals surface area contributed by atoms with Crippen LogP contribution in [0.3, 0.4) is 0 Å². The molecule has 0 spiro atoms. The van der Waals surface area contributed by atoms with Crippen LogP contribution in [0.15, 0.2) is 12.2 Å². The van der Waals surface area contributed by atoms with Crippen LogP contribution in [0.25, 0.3) is 0 Å². The van der Waals surface area contributed by atoms with E-state index in [0.29, 0.717) is 12.3 Å². The molecule has 0 radical (unpaired) electrons. The van der Waals surface area contributed by atoms with E-state index in [9.17, 15) is 9.59 Å². The SMILES string of the molecule is CC(C)CC(CO)NC(=O)/C=C/C(=O)O. The maximum atomic E-state index is 11.1. The van der Waals surface area contributed by atoms with Gasteiger partial charge in [-0.3, -0.25) is 4.79 Å². The predicted molar refractivity (Wildman–Crippen MR) is 55.2 cm³/mol. The van der Waals surface area contributed by atoms with Crippen molar-refractivity contribution in [2.24, 2.45) is 5.92 Å². The maximum absolute atomic E-state index is 11.1. The number of nitrogens with one attached hydrogen (secondary N) is 1. The van der Waals surface area contributed by atoms with Crippen molar-refractivity contribution in [1.82, 2.24) is 5.32 Å². The van der Waals surface area contributed by atoms with Crippen LogP contribution in [0, 0.1) is 5.92 Å². The Morgan fingerprint density at radius 3 is 2.33 bits per heavy atom. The van der Waals surface area contributed by atoms with Crippen LogP contribution in [0.2, 0.25) is 0 Å². The van der Waals surface area contributed by atoms with E-state index in [1.807, 2.05) is 13.8 Å². The molecule has 0 aromatic carbocycles. The van der Waals surface area contributed by atoms with Crippen molar-refractivity contribution in [3.63, 3.8) is 0 Å². The Morgan fingerprint density at radius 1 is 1.33 bits per heavy atom. The predicted octanol–water partition coefficient (Wildman–Crippen LogP) is 0.150. The van der Waals surface area contributed by atoms with Gasteiger partial charge in [-0.2, -0.15) is 0 Å². The van der Waals surface area contributed by atoms with Crippen molar-refractivity contribution in [3.05, 3.63) is 12.2 Å². The molecule has 0 saturated carbocycles. The van der Waals surface area contributed by atoms with Gasteiger partial charge in [0.15, 0.2) is 0 Å². The highest BCUT2D eigenvalue weighted by atomic mass is 16.4. The number of rotatable bonds is 6. The molecule has 1 unspecified atom stereocenters. The van der Waals surface area contributed by atoms with Gasteiger partial charge in [-0.15, -0.1) is 0 Å². The highest BCUT2D eigenvalue weighted by molar-refractivity contribution is 5.93. The molecule has 0 aliphatic heterocycles. The lowest BCUT2D eigenvalue weighted by Gasteiger charge is -2.16. The Kier molecular flexibility index (Phi) is 6.37. The first-order chi connectivity index (χ1) is 6.95. The number of hydrogen-bond acceptors (Lipinski definition) is 3. The van der Waals surface area contributed by atoms with Crippen molar-refractivity contribution in [1.29, 1.82) is 0 Å². The molecule has 0 saturated heterocycles. The Labute approximate surface area is 88.8 Å². The Hall–Kier alpha value is -1.36. The van der Waals surface area contributed by atoms with Gasteiger partial charge >= 0.3 is 5.97 Å². The van der Waals surface area contributed by atoms with Crippen LogP contribution in [-0.4, -0.2) is 34.7 Å². The van der Waals surface area contributed by atoms with Crippen molar-refractivity contribution in [2.75, 3.05) is 6.61 Å². The summed E-state index contributed by atoms with van der Waals surface area (Å²) in [6.45, 7) is 3.80. The number of aliphatic hydroxyl groups excluding tert-OH is 1. The fraction of sp³-hybridized carbons (Fsp3) is 0.600. The molecular formula is C10H17NO4. The largest absolute Gasteiger partial charge is 0.478 e. The van der Waals surface area contributed by atoms with E-state index in [0.717, 1.165) is 12.2 Å². The number of carboxylic acid groups (broad SMARTS) is 1. The van der Waals surface area contributed by atoms with Crippen LogP contribution >= 0.6 is 0 Å². The first kappa shape index (κ1) is 13.6. The number of amides is 1. The lowest BCUT2D eigenvalue weighted by atomic mass is 10.0. The molecule has 3 N–H and O–H groups in total. The molecule has 86 valence electrons. The first-order valence-corrected chi connectivity index (χ1v) is 4.78. The molecule has 0 aromatic rings. The van der Waals surface area contributed by atoms with Crippen LogP contribution in [0.4, 0.5) is 0 Å². The molecule has 0 aliphatic rings. The molecule has 0 aromatic heterocycles. The lowest BCUT2D eigenvalue weighted by Crippen LogP contribution is -2.37. The Morgan fingerprint density at radius 2 is 1.93 bits per heavy atom. The smallest absolute Gasteiger partial charge is 0.328 e. The van der Waals surface area contributed by atoms with Crippen LogP contribution in [0.1, 0.15) is 20.3 Å². The van der Waals surface area contributed by atoms with Crippen molar-refractivity contribution in [2.45, 2.75) is 26.3 Å². The molecule has 1 atom stereocenters. The number of aliphatic hydroxyl groups is 1. The van der Waals surface area contributed by atoms with Gasteiger partial charge in [-0.25, -0.2) is 4.79 Å². The summed E-state index contributed by atoms with van der Waals surface area (Å²) in [6.07, 6.45) is 2.35. The van der Waals surface area contributed by atoms with E-state index in [1.165, 1.54) is 0 Å². The quantitative estimate of drug-likeness (QED) is 0.550. The summed E-state index contributed by atoms with van der Waals surface area (Å²) in [5.74, 6) is -1.32. The third-order valence-electron chi connectivity index (χ3n) is 1.70. The molecule has 5 heteroatoms. The van der Waals surface area contributed by atoms with E-state index >= 15 is 0 Å². The second kappa shape index (κ2) is 7.00. The summed E-state index contributed by atoms with van der Waals surface area (Å²) in [4.78, 5) is 21.2. The summed E-state index contributed by atoms with van der Waals surface area (Å²) in [6, 6.07) is -0.323. The number of carboxylic acids is 1. The van der Waals surface area contributed by atoms with E-state index in [-0.39, 0.29) is 12.6 Å². The van der Waals surface area contributed by atoms with Crippen molar-refractivity contribution >= 4 is 11.9 Å². The molecule has 5 nitrogen and oxygen atoms in total. The number of carbonyl (C=O) groups is 2. The highest BCUT2D eigenvalue weighted by Crippen LogP contribution is 2.03. The molecule has 15 heavy (non-hydrogen) atoms. The summed E-state index contributed by atoms with van der Waals surface area (Å²) in [5, 5.41) is 19.7. The van der Waals surface area contributed by atoms with Crippen LogP contribution in [0.5, 0.6) is 0 Å². The van der Waals surface area contributed by atoms with Gasteiger partial charge in [0.25, 0.3) is 0 Å². The third-order valence-corrected chi connectivity index (χ3v) is 1.70. The summed E-state index contributed by atoms with van der Waals surface area (Å²) in [7, 11) is 0. The second-order valence-electron chi connectivity index (χ2n) is 3.69. The highest BCUT2D eigenvalue weighted by Gasteiger charge is 2.11. The average Bonchev–Trinajstić information content (AvgIpc) is 2.13. The normalized spacial score (nSPS) is 13.1. The Balaban J connectivity index is 4.07. The molecule has 0 rings (SSSR count). The fourth-order valence-corrected chi connectivity index (χ4v) is 1.14. The molecule has 0 aliphatic carbocycles. The summed E-state index contributed by atoms with van der Waals surface area (Å²) < 4.78 is 0. The number of aliphatic carboxylic acids is 1. The molecule has 0 fully saturated rings. The zero-order valence-corrected chi connectivity index (χ0v) is 8.93. The minimum absolute atomic E-state index is 0.148. The van der Waals surface area contributed by atoms with E-state index < -0.39 is 11.9 Å². The second-order valence-corrected chi connectivity index (χ2v) is 3.69. The van der Waals surface area contributed by atoms with Crippen LogP contribution < -0.4 is 5.32 Å². The van der Waals surface area contributed by atoms with Crippen LogP contribution in [-0.2, 0) is 9.59 Å². The van der Waals surface area contributed by atoms with E-state index in [1.54, 1.807) is 0 Å². The minimum Gasteiger partial charge on any atom is -0.478 e. The van der Waals surface area contributed by atoms with Crippen molar-refractivity contribution < 1.29 is 19.8 Å². The first-order valence-electron chi connectivity index (χ1n) is 4.78. The summed E-state index contributed by atoms with van der Waals surface area (Å²) in [5.41, 5.74) is 0. The van der Waals surface area contributed by atoms with Gasteiger partial charge in [0.05, 0.1) is 12.6 Å². The molecular weight excluding hydrogens is 198 g/mol. The lowest BCUT2D eigenvalue weighted by molar-refractivity contribution is -0.131.